The molecule has 0 aliphatic carbocycles. The van der Waals surface area contributed by atoms with E-state index in [1.165, 1.54) is 30.1 Å². The molecule has 8 heteroatoms. The third-order valence-electron chi connectivity index (χ3n) is 4.45. The number of carbonyl (C=O) groups excluding carboxylic acids is 1. The smallest absolute Gasteiger partial charge is 0.270 e. The number of carbonyl (C=O) groups is 1. The van der Waals surface area contributed by atoms with Crippen LogP contribution in [0.25, 0.3) is 0 Å². The van der Waals surface area contributed by atoms with Crippen LogP contribution in [0.2, 0.25) is 0 Å². The van der Waals surface area contributed by atoms with Crippen molar-refractivity contribution in [1.29, 1.82) is 0 Å². The second-order valence-electron chi connectivity index (χ2n) is 6.64. The molecule has 1 heterocycles. The van der Waals surface area contributed by atoms with Crippen LogP contribution >= 0.6 is 11.8 Å². The molecule has 2 aromatic rings. The van der Waals surface area contributed by atoms with Crippen molar-refractivity contribution in [2.24, 2.45) is 10.2 Å². The molecule has 1 atom stereocenters. The predicted molar refractivity (Wildman–Crippen MR) is 116 cm³/mol. The Balaban J connectivity index is 1.80. The van der Waals surface area contributed by atoms with Gasteiger partial charge in [-0.15, -0.1) is 5.10 Å². The first-order valence-electron chi connectivity index (χ1n) is 9.46. The summed E-state index contributed by atoms with van der Waals surface area (Å²) in [5.41, 5.74) is 1.60. The third kappa shape index (κ3) is 5.51. The molecule has 0 N–H and O–H groups in total. The summed E-state index contributed by atoms with van der Waals surface area (Å²) in [4.78, 5) is 25.0. The Morgan fingerprint density at radius 2 is 2.00 bits per heavy atom. The van der Waals surface area contributed by atoms with Crippen LogP contribution in [0.1, 0.15) is 37.3 Å². The molecule has 1 fully saturated rings. The molecule has 0 spiro atoms. The number of unbranched alkanes of at least 4 members (excludes halogenated alkanes) is 1. The number of hydrogen-bond acceptors (Lipinski definition) is 6. The topological polar surface area (TPSA) is 88.2 Å². The Hall–Kier alpha value is -3.00. The minimum Gasteiger partial charge on any atom is -0.284 e. The van der Waals surface area contributed by atoms with Crippen LogP contribution in [-0.2, 0) is 11.3 Å². The van der Waals surface area contributed by atoms with Crippen molar-refractivity contribution in [3.05, 3.63) is 75.8 Å². The van der Waals surface area contributed by atoms with E-state index < -0.39 is 4.92 Å². The first-order valence-corrected chi connectivity index (χ1v) is 10.3. The Morgan fingerprint density at radius 3 is 2.72 bits per heavy atom. The van der Waals surface area contributed by atoms with Gasteiger partial charge in [0.1, 0.15) is 0 Å². The number of hydrogen-bond donors (Lipinski definition) is 0. The molecular formula is C21H22N4O3S. The van der Waals surface area contributed by atoms with Gasteiger partial charge >= 0.3 is 0 Å². The highest BCUT2D eigenvalue weighted by atomic mass is 32.2. The van der Waals surface area contributed by atoms with Gasteiger partial charge in [0.15, 0.2) is 5.17 Å². The normalized spacial score (nSPS) is 18.1. The van der Waals surface area contributed by atoms with E-state index in [4.69, 9.17) is 0 Å². The highest BCUT2D eigenvalue weighted by molar-refractivity contribution is 8.15. The zero-order valence-electron chi connectivity index (χ0n) is 16.1. The van der Waals surface area contributed by atoms with Gasteiger partial charge in [0, 0.05) is 17.7 Å². The Bertz CT molecular complexity index is 931. The second-order valence-corrected chi connectivity index (χ2v) is 7.81. The lowest BCUT2D eigenvalue weighted by Crippen LogP contribution is -2.31. The predicted octanol–water partition coefficient (Wildman–Crippen LogP) is 4.62. The molecule has 1 aliphatic rings. The van der Waals surface area contributed by atoms with Gasteiger partial charge in [-0.2, -0.15) is 5.10 Å². The third-order valence-corrected chi connectivity index (χ3v) is 5.69. The van der Waals surface area contributed by atoms with Crippen molar-refractivity contribution in [3.8, 4) is 0 Å². The minimum absolute atomic E-state index is 0.00245. The van der Waals surface area contributed by atoms with Gasteiger partial charge in [-0.1, -0.05) is 74.0 Å². The van der Waals surface area contributed by atoms with Crippen LogP contribution in [0, 0.1) is 10.1 Å². The molecule has 0 unspecified atom stereocenters. The van der Waals surface area contributed by atoms with Crippen molar-refractivity contribution in [3.63, 3.8) is 0 Å². The van der Waals surface area contributed by atoms with Gasteiger partial charge in [-0.05, 0) is 12.0 Å². The van der Waals surface area contributed by atoms with E-state index in [0.717, 1.165) is 24.8 Å². The molecule has 1 saturated heterocycles. The van der Waals surface area contributed by atoms with E-state index in [2.05, 4.69) is 17.1 Å². The summed E-state index contributed by atoms with van der Waals surface area (Å²) in [6, 6.07) is 15.9. The van der Waals surface area contributed by atoms with E-state index in [1.807, 2.05) is 30.3 Å². The van der Waals surface area contributed by atoms with Crippen LogP contribution in [0.5, 0.6) is 0 Å². The highest BCUT2D eigenvalue weighted by Crippen LogP contribution is 2.32. The van der Waals surface area contributed by atoms with Gasteiger partial charge < -0.3 is 0 Å². The Kier molecular flexibility index (Phi) is 7.13. The minimum atomic E-state index is -0.450. The number of rotatable bonds is 8. The zero-order chi connectivity index (χ0) is 20.6. The van der Waals surface area contributed by atoms with Crippen molar-refractivity contribution < 1.29 is 9.72 Å². The summed E-state index contributed by atoms with van der Waals surface area (Å²) < 4.78 is 0. The number of amidine groups is 1. The summed E-state index contributed by atoms with van der Waals surface area (Å²) in [6.07, 6.45) is 4.28. The maximum Gasteiger partial charge on any atom is 0.270 e. The fourth-order valence-electron chi connectivity index (χ4n) is 2.93. The number of amides is 1. The van der Waals surface area contributed by atoms with Gasteiger partial charge in [0.25, 0.3) is 5.69 Å². The van der Waals surface area contributed by atoms with Crippen LogP contribution in [-0.4, -0.2) is 32.4 Å². The number of nitro benzene ring substituents is 1. The highest BCUT2D eigenvalue weighted by Gasteiger charge is 2.37. The number of nitro groups is 1. The summed E-state index contributed by atoms with van der Waals surface area (Å²) in [6.45, 7) is 2.55. The molecule has 0 saturated carbocycles. The molecule has 1 amide bonds. The SMILES string of the molecule is CCCC[C@H]1S/C(=N\N=C/c2cccc([N+](=O)[O-])c2)N(Cc2ccccc2)C1=O. The number of non-ortho nitro benzene ring substituents is 1. The standard InChI is InChI=1S/C21H22N4O3S/c1-2-3-12-19-20(26)24(15-16-8-5-4-6-9-16)21(29-19)23-22-14-17-10-7-11-18(13-17)25(27)28/h4-11,13-14,19H,2-3,12,15H2,1H3/b22-14-,23-21-/t19-/m1/s1. The molecule has 0 radical (unpaired) electrons. The van der Waals surface area contributed by atoms with Gasteiger partial charge in [0.2, 0.25) is 5.91 Å². The lowest BCUT2D eigenvalue weighted by Gasteiger charge is -2.15. The maximum absolute atomic E-state index is 12.9. The van der Waals surface area contributed by atoms with Gasteiger partial charge in [0.05, 0.1) is 22.9 Å². The van der Waals surface area contributed by atoms with E-state index in [-0.39, 0.29) is 16.8 Å². The Morgan fingerprint density at radius 1 is 1.21 bits per heavy atom. The number of nitrogens with zero attached hydrogens (tertiary/aromatic N) is 4. The van der Waals surface area contributed by atoms with E-state index in [1.54, 1.807) is 17.0 Å². The average molecular weight is 410 g/mol. The summed E-state index contributed by atoms with van der Waals surface area (Å²) in [5.74, 6) is 0.0524. The fraction of sp³-hybridized carbons (Fsp3) is 0.286. The zero-order valence-corrected chi connectivity index (χ0v) is 16.9. The second kappa shape index (κ2) is 9.97. The van der Waals surface area contributed by atoms with Crippen LogP contribution in [0.3, 0.4) is 0 Å². The molecule has 1 aliphatic heterocycles. The van der Waals surface area contributed by atoms with E-state index in [0.29, 0.717) is 17.3 Å². The number of benzene rings is 2. The summed E-state index contributed by atoms with van der Waals surface area (Å²) >= 11 is 1.43. The monoisotopic (exact) mass is 410 g/mol. The molecule has 7 nitrogen and oxygen atoms in total. The summed E-state index contributed by atoms with van der Waals surface area (Å²) in [7, 11) is 0. The molecule has 0 bridgehead atoms. The molecule has 0 aromatic heterocycles. The summed E-state index contributed by atoms with van der Waals surface area (Å²) in [5, 5.41) is 19.7. The van der Waals surface area contributed by atoms with Crippen LogP contribution < -0.4 is 0 Å². The fourth-order valence-corrected chi connectivity index (χ4v) is 4.08. The van der Waals surface area contributed by atoms with E-state index in [9.17, 15) is 14.9 Å². The molecule has 2 aromatic carbocycles. The molecule has 150 valence electrons. The maximum atomic E-state index is 12.9. The first-order chi connectivity index (χ1) is 14.1. The van der Waals surface area contributed by atoms with Crippen molar-refractivity contribution in [2.75, 3.05) is 0 Å². The van der Waals surface area contributed by atoms with Crippen molar-refractivity contribution >= 4 is 34.7 Å². The lowest BCUT2D eigenvalue weighted by atomic mass is 10.1. The van der Waals surface area contributed by atoms with Crippen LogP contribution in [0.15, 0.2) is 64.8 Å². The average Bonchev–Trinajstić information content (AvgIpc) is 3.02. The number of thioether (sulfide) groups is 1. The van der Waals surface area contributed by atoms with Crippen molar-refractivity contribution in [1.82, 2.24) is 4.90 Å². The van der Waals surface area contributed by atoms with Gasteiger partial charge in [-0.25, -0.2) is 0 Å². The molecule has 29 heavy (non-hydrogen) atoms. The first kappa shape index (κ1) is 20.7. The quantitative estimate of drug-likeness (QED) is 0.361. The van der Waals surface area contributed by atoms with E-state index >= 15 is 0 Å². The van der Waals surface area contributed by atoms with Crippen LogP contribution in [0.4, 0.5) is 5.69 Å². The molecule has 3 rings (SSSR count). The van der Waals surface area contributed by atoms with Crippen molar-refractivity contribution in [2.45, 2.75) is 38.0 Å². The largest absolute Gasteiger partial charge is 0.284 e. The van der Waals surface area contributed by atoms with Gasteiger partial charge in [-0.3, -0.25) is 19.8 Å². The molecular weight excluding hydrogens is 388 g/mol. The lowest BCUT2D eigenvalue weighted by molar-refractivity contribution is -0.384. The Labute approximate surface area is 173 Å².